The Balaban J connectivity index is 2.45. The van der Waals surface area contributed by atoms with Crippen molar-refractivity contribution in [3.63, 3.8) is 0 Å². The summed E-state index contributed by atoms with van der Waals surface area (Å²) in [5, 5.41) is 20.4. The predicted molar refractivity (Wildman–Crippen MR) is 135 cm³/mol. The first-order chi connectivity index (χ1) is 16.3. The standard InChI is InChI=1S/C28H46O6/c1-5-9-11-21(7-3)17-25(29)19-33-27(31)23-13-15-24(16-14-23)28(32)34-20-26(30)18-22(8-4)12-10-6-2/h13-16,21-22,25-26,29-30H,5-12,17-20H2,1-4H3. The van der Waals surface area contributed by atoms with Crippen LogP contribution in [0.15, 0.2) is 24.3 Å². The molecule has 0 aromatic heterocycles. The van der Waals surface area contributed by atoms with Crippen molar-refractivity contribution in [1.29, 1.82) is 0 Å². The van der Waals surface area contributed by atoms with Crippen molar-refractivity contribution >= 4 is 11.9 Å². The minimum Gasteiger partial charge on any atom is -0.459 e. The summed E-state index contributed by atoms with van der Waals surface area (Å²) >= 11 is 0. The summed E-state index contributed by atoms with van der Waals surface area (Å²) in [5.41, 5.74) is 0.618. The quantitative estimate of drug-likeness (QED) is 0.254. The molecule has 0 heterocycles. The Labute approximate surface area is 206 Å². The molecular formula is C28H46O6. The molecule has 2 N–H and O–H groups in total. The minimum absolute atomic E-state index is 0.0415. The van der Waals surface area contributed by atoms with Crippen molar-refractivity contribution in [2.45, 2.75) is 104 Å². The normalized spacial score (nSPS) is 14.8. The summed E-state index contributed by atoms with van der Waals surface area (Å²) in [4.78, 5) is 24.6. The molecule has 4 unspecified atom stereocenters. The highest BCUT2D eigenvalue weighted by atomic mass is 16.5. The Morgan fingerprint density at radius 2 is 1.06 bits per heavy atom. The monoisotopic (exact) mass is 478 g/mol. The van der Waals surface area contributed by atoms with E-state index in [9.17, 15) is 19.8 Å². The lowest BCUT2D eigenvalue weighted by Crippen LogP contribution is -2.22. The van der Waals surface area contributed by atoms with Gasteiger partial charge in [0.25, 0.3) is 0 Å². The second kappa shape index (κ2) is 17.5. The van der Waals surface area contributed by atoms with Gasteiger partial charge in [0.1, 0.15) is 13.2 Å². The maximum Gasteiger partial charge on any atom is 0.338 e. The lowest BCUT2D eigenvalue weighted by Gasteiger charge is -2.19. The number of aliphatic hydroxyl groups excluding tert-OH is 2. The number of carbonyl (C=O) groups excluding carboxylic acids is 2. The second-order valence-electron chi connectivity index (χ2n) is 9.39. The van der Waals surface area contributed by atoms with Gasteiger partial charge in [-0.3, -0.25) is 0 Å². The Morgan fingerprint density at radius 3 is 1.35 bits per heavy atom. The molecule has 0 spiro atoms. The summed E-state index contributed by atoms with van der Waals surface area (Å²) in [6.07, 6.45) is 8.56. The minimum atomic E-state index is -0.680. The van der Waals surface area contributed by atoms with E-state index in [1.807, 2.05) is 0 Å². The van der Waals surface area contributed by atoms with E-state index in [2.05, 4.69) is 27.7 Å². The maximum absolute atomic E-state index is 12.3. The molecule has 0 bridgehead atoms. The summed E-state index contributed by atoms with van der Waals surface area (Å²) < 4.78 is 10.5. The molecule has 6 nitrogen and oxygen atoms in total. The SMILES string of the molecule is CCCCC(CC)CC(O)COC(=O)c1ccc(C(=O)OCC(O)CC(CC)CCCC)cc1. The Hall–Kier alpha value is -1.92. The number of rotatable bonds is 18. The van der Waals surface area contributed by atoms with E-state index in [0.29, 0.717) is 35.8 Å². The van der Waals surface area contributed by atoms with E-state index < -0.39 is 24.1 Å². The fourth-order valence-corrected chi connectivity index (χ4v) is 4.12. The van der Waals surface area contributed by atoms with Gasteiger partial charge < -0.3 is 19.7 Å². The fraction of sp³-hybridized carbons (Fsp3) is 0.714. The smallest absolute Gasteiger partial charge is 0.338 e. The van der Waals surface area contributed by atoms with Crippen molar-refractivity contribution < 1.29 is 29.3 Å². The van der Waals surface area contributed by atoms with Crippen molar-refractivity contribution in [3.05, 3.63) is 35.4 Å². The van der Waals surface area contributed by atoms with Crippen LogP contribution >= 0.6 is 0 Å². The molecule has 0 radical (unpaired) electrons. The average molecular weight is 479 g/mol. The van der Waals surface area contributed by atoms with E-state index in [1.165, 1.54) is 24.3 Å². The van der Waals surface area contributed by atoms with Gasteiger partial charge in [0.2, 0.25) is 0 Å². The topological polar surface area (TPSA) is 93.1 Å². The van der Waals surface area contributed by atoms with E-state index in [0.717, 1.165) is 51.4 Å². The molecule has 4 atom stereocenters. The van der Waals surface area contributed by atoms with Crippen LogP contribution in [0.5, 0.6) is 0 Å². The zero-order valence-electron chi connectivity index (χ0n) is 21.6. The van der Waals surface area contributed by atoms with E-state index in [-0.39, 0.29) is 13.2 Å². The molecule has 0 aliphatic rings. The molecule has 0 aliphatic carbocycles. The number of carbonyl (C=O) groups is 2. The first-order valence-corrected chi connectivity index (χ1v) is 13.1. The fourth-order valence-electron chi connectivity index (χ4n) is 4.12. The van der Waals surface area contributed by atoms with Crippen molar-refractivity contribution in [2.24, 2.45) is 11.8 Å². The van der Waals surface area contributed by atoms with Crippen LogP contribution in [-0.2, 0) is 9.47 Å². The molecule has 1 rings (SSSR count). The van der Waals surface area contributed by atoms with Crippen molar-refractivity contribution in [3.8, 4) is 0 Å². The number of esters is 2. The Bertz CT molecular complexity index is 628. The van der Waals surface area contributed by atoms with Gasteiger partial charge in [-0.25, -0.2) is 9.59 Å². The number of ether oxygens (including phenoxy) is 2. The summed E-state index contributed by atoms with van der Waals surface area (Å²) in [6, 6.07) is 6.04. The summed E-state index contributed by atoms with van der Waals surface area (Å²) in [7, 11) is 0. The second-order valence-corrected chi connectivity index (χ2v) is 9.39. The molecule has 0 fully saturated rings. The third-order valence-electron chi connectivity index (χ3n) is 6.47. The average Bonchev–Trinajstić information content (AvgIpc) is 2.85. The van der Waals surface area contributed by atoms with Crippen LogP contribution < -0.4 is 0 Å². The van der Waals surface area contributed by atoms with Gasteiger partial charge in [-0.05, 0) is 48.9 Å². The molecule has 0 aliphatic heterocycles. The third kappa shape index (κ3) is 12.0. The van der Waals surface area contributed by atoms with Crippen molar-refractivity contribution in [1.82, 2.24) is 0 Å². The van der Waals surface area contributed by atoms with E-state index >= 15 is 0 Å². The number of hydrogen-bond acceptors (Lipinski definition) is 6. The third-order valence-corrected chi connectivity index (χ3v) is 6.47. The van der Waals surface area contributed by atoms with Crippen LogP contribution in [0.1, 0.15) is 113 Å². The van der Waals surface area contributed by atoms with Crippen LogP contribution in [-0.4, -0.2) is 47.6 Å². The molecule has 0 saturated carbocycles. The zero-order chi connectivity index (χ0) is 25.3. The molecule has 6 heteroatoms. The van der Waals surface area contributed by atoms with Crippen LogP contribution in [0.25, 0.3) is 0 Å². The van der Waals surface area contributed by atoms with Gasteiger partial charge in [-0.15, -0.1) is 0 Å². The molecule has 0 saturated heterocycles. The highest BCUT2D eigenvalue weighted by Gasteiger charge is 2.18. The van der Waals surface area contributed by atoms with E-state index in [4.69, 9.17) is 9.47 Å². The molecule has 34 heavy (non-hydrogen) atoms. The number of benzene rings is 1. The predicted octanol–water partition coefficient (Wildman–Crippen LogP) is 5.94. The van der Waals surface area contributed by atoms with Crippen molar-refractivity contribution in [2.75, 3.05) is 13.2 Å². The van der Waals surface area contributed by atoms with Crippen LogP contribution in [0.2, 0.25) is 0 Å². The highest BCUT2D eigenvalue weighted by Crippen LogP contribution is 2.20. The number of aliphatic hydroxyl groups is 2. The number of hydrogen-bond donors (Lipinski definition) is 2. The lowest BCUT2D eigenvalue weighted by atomic mass is 9.93. The van der Waals surface area contributed by atoms with E-state index in [1.54, 1.807) is 0 Å². The van der Waals surface area contributed by atoms with Gasteiger partial charge in [-0.1, -0.05) is 79.1 Å². The van der Waals surface area contributed by atoms with Crippen LogP contribution in [0, 0.1) is 11.8 Å². The molecule has 194 valence electrons. The maximum atomic E-state index is 12.3. The Morgan fingerprint density at radius 1 is 0.706 bits per heavy atom. The Kier molecular flexibility index (Phi) is 15.5. The summed E-state index contributed by atoms with van der Waals surface area (Å²) in [5.74, 6) is -0.203. The summed E-state index contributed by atoms with van der Waals surface area (Å²) in [6.45, 7) is 8.44. The lowest BCUT2D eigenvalue weighted by molar-refractivity contribution is 0.0184. The number of unbranched alkanes of at least 4 members (excludes halogenated alkanes) is 2. The van der Waals surface area contributed by atoms with Gasteiger partial charge >= 0.3 is 11.9 Å². The highest BCUT2D eigenvalue weighted by molar-refractivity contribution is 5.93. The molecule has 1 aromatic rings. The van der Waals surface area contributed by atoms with Gasteiger partial charge in [0.15, 0.2) is 0 Å². The van der Waals surface area contributed by atoms with Crippen LogP contribution in [0.3, 0.4) is 0 Å². The largest absolute Gasteiger partial charge is 0.459 e. The first-order valence-electron chi connectivity index (χ1n) is 13.1. The molecule has 0 amide bonds. The van der Waals surface area contributed by atoms with Crippen LogP contribution in [0.4, 0.5) is 0 Å². The van der Waals surface area contributed by atoms with Gasteiger partial charge in [0.05, 0.1) is 23.3 Å². The molecular weight excluding hydrogens is 432 g/mol. The first kappa shape index (κ1) is 30.1. The van der Waals surface area contributed by atoms with Gasteiger partial charge in [0, 0.05) is 0 Å². The molecule has 1 aromatic carbocycles. The van der Waals surface area contributed by atoms with Gasteiger partial charge in [-0.2, -0.15) is 0 Å². The zero-order valence-corrected chi connectivity index (χ0v) is 21.6.